The zero-order chi connectivity index (χ0) is 17.1. The first-order valence-electron chi connectivity index (χ1n) is 7.91. The Morgan fingerprint density at radius 2 is 2.08 bits per heavy atom. The van der Waals surface area contributed by atoms with Crippen molar-refractivity contribution < 1.29 is 9.59 Å². The van der Waals surface area contributed by atoms with Crippen LogP contribution in [0.25, 0.3) is 0 Å². The molecule has 2 amide bonds. The molecule has 0 radical (unpaired) electrons. The predicted molar refractivity (Wildman–Crippen MR) is 95.4 cm³/mol. The van der Waals surface area contributed by atoms with Gasteiger partial charge in [-0.3, -0.25) is 14.9 Å². The van der Waals surface area contributed by atoms with Gasteiger partial charge in [-0.25, -0.2) is 4.98 Å². The highest BCUT2D eigenvalue weighted by Crippen LogP contribution is 2.24. The molecule has 1 unspecified atom stereocenters. The van der Waals surface area contributed by atoms with Gasteiger partial charge in [0.05, 0.1) is 11.6 Å². The highest BCUT2D eigenvalue weighted by atomic mass is 32.1. The van der Waals surface area contributed by atoms with E-state index in [1.807, 2.05) is 24.4 Å². The number of benzene rings is 1. The van der Waals surface area contributed by atoms with E-state index < -0.39 is 0 Å². The fraction of sp³-hybridized carbons (Fsp3) is 0.353. The first-order valence-corrected chi connectivity index (χ1v) is 8.78. The highest BCUT2D eigenvalue weighted by Gasteiger charge is 2.24. The highest BCUT2D eigenvalue weighted by molar-refractivity contribution is 7.13. The monoisotopic (exact) mass is 344 g/mol. The van der Waals surface area contributed by atoms with Crippen LogP contribution < -0.4 is 16.0 Å². The van der Waals surface area contributed by atoms with Crippen LogP contribution >= 0.6 is 11.3 Å². The number of nitrogens with zero attached hydrogens (tertiary/aromatic N) is 2. The maximum atomic E-state index is 12.2. The van der Waals surface area contributed by atoms with Crippen molar-refractivity contribution in [3.63, 3.8) is 0 Å². The van der Waals surface area contributed by atoms with Crippen LogP contribution in [0.2, 0.25) is 0 Å². The van der Waals surface area contributed by atoms with Crippen LogP contribution in [0, 0.1) is 12.8 Å². The molecular formula is C17H20N4O2S. The van der Waals surface area contributed by atoms with E-state index in [1.165, 1.54) is 11.3 Å². The third-order valence-electron chi connectivity index (χ3n) is 4.16. The normalized spacial score (nSPS) is 17.5. The molecule has 0 aliphatic carbocycles. The van der Waals surface area contributed by atoms with E-state index in [-0.39, 0.29) is 17.7 Å². The standard InChI is InChI=1S/C17H20N4O2S/c1-11-10-24-17(19-11)20-16(23)12-4-6-14(7-5-12)21-8-2-3-13(9-21)15(18)22/h4-7,10,13H,2-3,8-9H2,1H3,(H2,18,22)(H,19,20,23). The number of primary amides is 1. The molecular weight excluding hydrogens is 324 g/mol. The van der Waals surface area contributed by atoms with Gasteiger partial charge in [0.25, 0.3) is 5.91 Å². The second-order valence-corrected chi connectivity index (χ2v) is 6.84. The van der Waals surface area contributed by atoms with Gasteiger partial charge in [0, 0.05) is 29.7 Å². The number of piperidine rings is 1. The summed E-state index contributed by atoms with van der Waals surface area (Å²) in [6, 6.07) is 7.40. The Labute approximate surface area is 144 Å². The quantitative estimate of drug-likeness (QED) is 0.891. The van der Waals surface area contributed by atoms with E-state index in [4.69, 9.17) is 5.73 Å². The van der Waals surface area contributed by atoms with Crippen molar-refractivity contribution in [1.82, 2.24) is 4.98 Å². The summed E-state index contributed by atoms with van der Waals surface area (Å²) in [4.78, 5) is 30.0. The Morgan fingerprint density at radius 3 is 2.71 bits per heavy atom. The van der Waals surface area contributed by atoms with Crippen molar-refractivity contribution in [3.05, 3.63) is 40.9 Å². The van der Waals surface area contributed by atoms with E-state index in [0.29, 0.717) is 17.2 Å². The number of aromatic nitrogens is 1. The van der Waals surface area contributed by atoms with Gasteiger partial charge in [-0.2, -0.15) is 0 Å². The third-order valence-corrected chi connectivity index (χ3v) is 5.03. The molecule has 2 aromatic rings. The number of anilines is 2. The molecule has 1 atom stereocenters. The summed E-state index contributed by atoms with van der Waals surface area (Å²) in [5.74, 6) is -0.520. The molecule has 1 aromatic heterocycles. The van der Waals surface area contributed by atoms with Gasteiger partial charge < -0.3 is 10.6 Å². The van der Waals surface area contributed by atoms with Crippen molar-refractivity contribution in [2.75, 3.05) is 23.3 Å². The van der Waals surface area contributed by atoms with Gasteiger partial charge in [-0.05, 0) is 44.0 Å². The van der Waals surface area contributed by atoms with Crippen LogP contribution in [0.15, 0.2) is 29.6 Å². The topological polar surface area (TPSA) is 88.3 Å². The minimum atomic E-state index is -0.241. The predicted octanol–water partition coefficient (Wildman–Crippen LogP) is 2.41. The minimum absolute atomic E-state index is 0.102. The zero-order valence-electron chi connectivity index (χ0n) is 13.5. The molecule has 0 bridgehead atoms. The summed E-state index contributed by atoms with van der Waals surface area (Å²) in [6.45, 7) is 3.42. The fourth-order valence-corrected chi connectivity index (χ4v) is 3.53. The molecule has 24 heavy (non-hydrogen) atoms. The lowest BCUT2D eigenvalue weighted by Crippen LogP contribution is -2.41. The number of nitrogens with two attached hydrogens (primary N) is 1. The summed E-state index contributed by atoms with van der Waals surface area (Å²) in [5.41, 5.74) is 7.89. The molecule has 6 nitrogen and oxygen atoms in total. The molecule has 1 aliphatic rings. The molecule has 1 saturated heterocycles. The number of aryl methyl sites for hydroxylation is 1. The molecule has 1 aromatic carbocycles. The van der Waals surface area contributed by atoms with E-state index >= 15 is 0 Å². The Hall–Kier alpha value is -2.41. The molecule has 7 heteroatoms. The first kappa shape index (κ1) is 16.4. The molecule has 0 saturated carbocycles. The van der Waals surface area contributed by atoms with Gasteiger partial charge in [0.2, 0.25) is 5.91 Å². The van der Waals surface area contributed by atoms with Crippen molar-refractivity contribution in [3.8, 4) is 0 Å². The average molecular weight is 344 g/mol. The van der Waals surface area contributed by atoms with Gasteiger partial charge >= 0.3 is 0 Å². The largest absolute Gasteiger partial charge is 0.371 e. The third kappa shape index (κ3) is 3.73. The van der Waals surface area contributed by atoms with Crippen LogP contribution in [0.4, 0.5) is 10.8 Å². The number of hydrogen-bond acceptors (Lipinski definition) is 5. The second kappa shape index (κ2) is 7.00. The van der Waals surface area contributed by atoms with Gasteiger partial charge in [-0.15, -0.1) is 11.3 Å². The number of nitrogens with one attached hydrogen (secondary N) is 1. The number of rotatable bonds is 4. The van der Waals surface area contributed by atoms with Crippen molar-refractivity contribution in [2.45, 2.75) is 19.8 Å². The Bertz CT molecular complexity index is 741. The summed E-state index contributed by atoms with van der Waals surface area (Å²) in [7, 11) is 0. The number of carbonyl (C=O) groups is 2. The van der Waals surface area contributed by atoms with Crippen LogP contribution in [-0.2, 0) is 4.79 Å². The first-order chi connectivity index (χ1) is 11.5. The lowest BCUT2D eigenvalue weighted by molar-refractivity contribution is -0.122. The van der Waals surface area contributed by atoms with Crippen molar-refractivity contribution in [2.24, 2.45) is 11.7 Å². The average Bonchev–Trinajstić information content (AvgIpc) is 3.00. The number of hydrogen-bond donors (Lipinski definition) is 2. The van der Waals surface area contributed by atoms with E-state index in [2.05, 4.69) is 15.2 Å². The summed E-state index contributed by atoms with van der Waals surface area (Å²) in [6.07, 6.45) is 1.79. The van der Waals surface area contributed by atoms with Gasteiger partial charge in [-0.1, -0.05) is 0 Å². The van der Waals surface area contributed by atoms with Gasteiger partial charge in [0.1, 0.15) is 0 Å². The van der Waals surface area contributed by atoms with Crippen molar-refractivity contribution >= 4 is 34.0 Å². The molecule has 2 heterocycles. The van der Waals surface area contributed by atoms with E-state index in [9.17, 15) is 9.59 Å². The smallest absolute Gasteiger partial charge is 0.257 e. The van der Waals surface area contributed by atoms with Crippen LogP contribution in [-0.4, -0.2) is 29.9 Å². The SMILES string of the molecule is Cc1csc(NC(=O)c2ccc(N3CCCC(C(N)=O)C3)cc2)n1. The molecule has 3 rings (SSSR count). The summed E-state index contributed by atoms with van der Waals surface area (Å²) >= 11 is 1.41. The lowest BCUT2D eigenvalue weighted by Gasteiger charge is -2.33. The Kier molecular flexibility index (Phi) is 4.80. The van der Waals surface area contributed by atoms with E-state index in [0.717, 1.165) is 30.8 Å². The molecule has 1 aliphatic heterocycles. The molecule has 126 valence electrons. The summed E-state index contributed by atoms with van der Waals surface area (Å²) < 4.78 is 0. The maximum absolute atomic E-state index is 12.2. The van der Waals surface area contributed by atoms with Gasteiger partial charge in [0.15, 0.2) is 5.13 Å². The number of amides is 2. The van der Waals surface area contributed by atoms with Crippen LogP contribution in [0.1, 0.15) is 28.9 Å². The fourth-order valence-electron chi connectivity index (χ4n) is 2.85. The van der Waals surface area contributed by atoms with Crippen LogP contribution in [0.3, 0.4) is 0 Å². The second-order valence-electron chi connectivity index (χ2n) is 5.98. The zero-order valence-corrected chi connectivity index (χ0v) is 14.3. The Balaban J connectivity index is 1.66. The van der Waals surface area contributed by atoms with E-state index in [1.54, 1.807) is 12.1 Å². The molecule has 0 spiro atoms. The lowest BCUT2D eigenvalue weighted by atomic mass is 9.97. The number of carbonyl (C=O) groups excluding carboxylic acids is 2. The maximum Gasteiger partial charge on any atom is 0.257 e. The van der Waals surface area contributed by atoms with Crippen LogP contribution in [0.5, 0.6) is 0 Å². The number of thiazole rings is 1. The van der Waals surface area contributed by atoms with Crippen molar-refractivity contribution in [1.29, 1.82) is 0 Å². The molecule has 3 N–H and O–H groups in total. The summed E-state index contributed by atoms with van der Waals surface area (Å²) in [5, 5.41) is 5.29. The molecule has 1 fully saturated rings. The Morgan fingerprint density at radius 1 is 1.33 bits per heavy atom. The minimum Gasteiger partial charge on any atom is -0.371 e.